The molecule has 0 aromatic rings. The summed E-state index contributed by atoms with van der Waals surface area (Å²) in [5.41, 5.74) is -0.771. The van der Waals surface area contributed by atoms with E-state index in [1.165, 1.54) is 7.11 Å². The van der Waals surface area contributed by atoms with Crippen LogP contribution in [0.25, 0.3) is 0 Å². The highest BCUT2D eigenvalue weighted by Crippen LogP contribution is 2.31. The maximum atomic E-state index is 12.2. The predicted octanol–water partition coefficient (Wildman–Crippen LogP) is 0.797. The largest absolute Gasteiger partial charge is 0.469 e. The summed E-state index contributed by atoms with van der Waals surface area (Å²) >= 11 is 0. The van der Waals surface area contributed by atoms with Crippen molar-refractivity contribution in [3.05, 3.63) is 0 Å². The Bertz CT molecular complexity index is 478. The second-order valence-corrected chi connectivity index (χ2v) is 7.45. The first kappa shape index (κ1) is 15.9. The van der Waals surface area contributed by atoms with Crippen LogP contribution in [0.1, 0.15) is 33.1 Å². The van der Waals surface area contributed by atoms with Crippen LogP contribution >= 0.6 is 0 Å². The SMILES string of the molecule is COC(=O)C1CCCC1S(=O)(=O)NCC(C)(C)C#N. The maximum Gasteiger partial charge on any atom is 0.310 e. The van der Waals surface area contributed by atoms with Crippen molar-refractivity contribution < 1.29 is 17.9 Å². The molecule has 0 bridgehead atoms. The lowest BCUT2D eigenvalue weighted by Crippen LogP contribution is -2.42. The van der Waals surface area contributed by atoms with Gasteiger partial charge in [-0.25, -0.2) is 13.1 Å². The predicted molar refractivity (Wildman–Crippen MR) is 69.5 cm³/mol. The Balaban J connectivity index is 2.77. The van der Waals surface area contributed by atoms with E-state index in [0.29, 0.717) is 19.3 Å². The fraction of sp³-hybridized carbons (Fsp3) is 0.833. The molecular weight excluding hydrogens is 268 g/mol. The van der Waals surface area contributed by atoms with Crippen molar-refractivity contribution in [2.45, 2.75) is 38.4 Å². The van der Waals surface area contributed by atoms with E-state index >= 15 is 0 Å². The third-order valence-electron chi connectivity index (χ3n) is 3.37. The number of esters is 1. The lowest BCUT2D eigenvalue weighted by molar-refractivity contribution is -0.145. The van der Waals surface area contributed by atoms with Gasteiger partial charge >= 0.3 is 5.97 Å². The number of nitriles is 1. The summed E-state index contributed by atoms with van der Waals surface area (Å²) in [6, 6.07) is 2.03. The fourth-order valence-electron chi connectivity index (χ4n) is 2.15. The number of methoxy groups -OCH3 is 1. The van der Waals surface area contributed by atoms with Crippen LogP contribution in [0.3, 0.4) is 0 Å². The molecule has 108 valence electrons. The molecule has 0 spiro atoms. The Morgan fingerprint density at radius 3 is 2.63 bits per heavy atom. The first-order chi connectivity index (χ1) is 8.73. The molecule has 0 amide bonds. The van der Waals surface area contributed by atoms with Gasteiger partial charge < -0.3 is 4.74 Å². The molecule has 1 fully saturated rings. The molecule has 0 aromatic heterocycles. The van der Waals surface area contributed by atoms with Crippen LogP contribution in [0.2, 0.25) is 0 Å². The van der Waals surface area contributed by atoms with Crippen LogP contribution in [-0.2, 0) is 19.6 Å². The smallest absolute Gasteiger partial charge is 0.310 e. The normalized spacial score (nSPS) is 23.9. The molecule has 0 saturated heterocycles. The summed E-state index contributed by atoms with van der Waals surface area (Å²) in [6.45, 7) is 3.35. The monoisotopic (exact) mass is 288 g/mol. The van der Waals surface area contributed by atoms with E-state index in [0.717, 1.165) is 0 Å². The lowest BCUT2D eigenvalue weighted by Gasteiger charge is -2.21. The van der Waals surface area contributed by atoms with Crippen molar-refractivity contribution in [3.63, 3.8) is 0 Å². The second kappa shape index (κ2) is 5.88. The minimum absolute atomic E-state index is 0.0379. The lowest BCUT2D eigenvalue weighted by atomic mass is 9.97. The number of sulfonamides is 1. The number of rotatable bonds is 5. The summed E-state index contributed by atoms with van der Waals surface area (Å²) in [7, 11) is -2.35. The molecule has 2 atom stereocenters. The van der Waals surface area contributed by atoms with Gasteiger partial charge in [0, 0.05) is 6.54 Å². The molecular formula is C12H20N2O4S. The highest BCUT2D eigenvalue weighted by atomic mass is 32.2. The Morgan fingerprint density at radius 1 is 1.47 bits per heavy atom. The number of nitrogens with one attached hydrogen (secondary N) is 1. The number of hydrogen-bond donors (Lipinski definition) is 1. The standard InChI is InChI=1S/C12H20N2O4S/c1-12(2,7-13)8-14-19(16,17)10-6-4-5-9(10)11(15)18-3/h9-10,14H,4-6,8H2,1-3H3. The summed E-state index contributed by atoms with van der Waals surface area (Å²) < 4.78 is 31.5. The van der Waals surface area contributed by atoms with Crippen LogP contribution in [0.4, 0.5) is 0 Å². The molecule has 1 N–H and O–H groups in total. The molecule has 0 heterocycles. The van der Waals surface area contributed by atoms with Crippen molar-refractivity contribution in [2.24, 2.45) is 11.3 Å². The first-order valence-corrected chi connectivity index (χ1v) is 7.76. The van der Waals surface area contributed by atoms with Crippen molar-refractivity contribution >= 4 is 16.0 Å². The Labute approximate surface area is 114 Å². The number of ether oxygens (including phenoxy) is 1. The fourth-order valence-corrected chi connectivity index (χ4v) is 4.08. The minimum atomic E-state index is -3.61. The third kappa shape index (κ3) is 3.91. The molecule has 0 aromatic carbocycles. The average molecular weight is 288 g/mol. The molecule has 2 unspecified atom stereocenters. The van der Waals surface area contributed by atoms with Crippen molar-refractivity contribution in [1.82, 2.24) is 4.72 Å². The Kier molecular flexibility index (Phi) is 4.93. The van der Waals surface area contributed by atoms with Crippen LogP contribution in [0, 0.1) is 22.7 Å². The van der Waals surface area contributed by atoms with E-state index in [-0.39, 0.29) is 6.54 Å². The van der Waals surface area contributed by atoms with Crippen LogP contribution in [0.15, 0.2) is 0 Å². The summed E-state index contributed by atoms with van der Waals surface area (Å²) in [5, 5.41) is 8.12. The van der Waals surface area contributed by atoms with Crippen LogP contribution in [-0.4, -0.2) is 33.3 Å². The van der Waals surface area contributed by atoms with E-state index < -0.39 is 32.6 Å². The Morgan fingerprint density at radius 2 is 2.11 bits per heavy atom. The third-order valence-corrected chi connectivity index (χ3v) is 5.28. The minimum Gasteiger partial charge on any atom is -0.469 e. The van der Waals surface area contributed by atoms with Crippen molar-refractivity contribution in [2.75, 3.05) is 13.7 Å². The van der Waals surface area contributed by atoms with Gasteiger partial charge in [0.25, 0.3) is 0 Å². The molecule has 7 heteroatoms. The average Bonchev–Trinajstić information content (AvgIpc) is 2.86. The molecule has 0 aliphatic heterocycles. The van der Waals surface area contributed by atoms with Gasteiger partial charge in [-0.05, 0) is 26.7 Å². The molecule has 19 heavy (non-hydrogen) atoms. The van der Waals surface area contributed by atoms with E-state index in [2.05, 4.69) is 9.46 Å². The molecule has 1 aliphatic rings. The topological polar surface area (TPSA) is 96.3 Å². The van der Waals surface area contributed by atoms with Gasteiger partial charge in [0.2, 0.25) is 10.0 Å². The zero-order chi connectivity index (χ0) is 14.7. The molecule has 1 rings (SSSR count). The number of carbonyl (C=O) groups is 1. The highest BCUT2D eigenvalue weighted by Gasteiger charge is 2.42. The van der Waals surface area contributed by atoms with Crippen LogP contribution < -0.4 is 4.72 Å². The molecule has 6 nitrogen and oxygen atoms in total. The number of nitrogens with zero attached hydrogens (tertiary/aromatic N) is 1. The van der Waals surface area contributed by atoms with Gasteiger partial charge in [0.1, 0.15) is 0 Å². The van der Waals surface area contributed by atoms with E-state index in [1.54, 1.807) is 13.8 Å². The number of carbonyl (C=O) groups excluding carboxylic acids is 1. The number of hydrogen-bond acceptors (Lipinski definition) is 5. The van der Waals surface area contributed by atoms with Crippen molar-refractivity contribution in [3.8, 4) is 6.07 Å². The van der Waals surface area contributed by atoms with Gasteiger partial charge in [0.05, 0.1) is 29.8 Å². The summed E-state index contributed by atoms with van der Waals surface area (Å²) in [5.74, 6) is -1.08. The molecule has 1 aliphatic carbocycles. The zero-order valence-corrected chi connectivity index (χ0v) is 12.3. The first-order valence-electron chi connectivity index (χ1n) is 6.21. The van der Waals surface area contributed by atoms with Gasteiger partial charge in [-0.3, -0.25) is 4.79 Å². The molecule has 1 saturated carbocycles. The van der Waals surface area contributed by atoms with Gasteiger partial charge in [-0.2, -0.15) is 5.26 Å². The summed E-state index contributed by atoms with van der Waals surface area (Å²) in [6.07, 6.45) is 1.66. The van der Waals surface area contributed by atoms with Gasteiger partial charge in [0.15, 0.2) is 0 Å². The maximum absolute atomic E-state index is 12.2. The second-order valence-electron chi connectivity index (χ2n) is 5.46. The van der Waals surface area contributed by atoms with Gasteiger partial charge in [-0.15, -0.1) is 0 Å². The van der Waals surface area contributed by atoms with Gasteiger partial charge in [-0.1, -0.05) is 6.42 Å². The van der Waals surface area contributed by atoms with E-state index in [9.17, 15) is 13.2 Å². The van der Waals surface area contributed by atoms with Crippen molar-refractivity contribution in [1.29, 1.82) is 5.26 Å². The summed E-state index contributed by atoms with van der Waals surface area (Å²) in [4.78, 5) is 11.6. The Hall–Kier alpha value is -1.13. The van der Waals surface area contributed by atoms with E-state index in [1.807, 2.05) is 6.07 Å². The molecule has 0 radical (unpaired) electrons. The van der Waals surface area contributed by atoms with Crippen LogP contribution in [0.5, 0.6) is 0 Å². The van der Waals surface area contributed by atoms with E-state index in [4.69, 9.17) is 5.26 Å². The zero-order valence-electron chi connectivity index (χ0n) is 11.5. The highest BCUT2D eigenvalue weighted by molar-refractivity contribution is 7.90. The quantitative estimate of drug-likeness (QED) is 0.755.